The zero-order valence-electron chi connectivity index (χ0n) is 13.5. The summed E-state index contributed by atoms with van der Waals surface area (Å²) in [6.45, 7) is 7.20. The van der Waals surface area contributed by atoms with Crippen molar-refractivity contribution < 1.29 is 0 Å². The Morgan fingerprint density at radius 2 is 1.81 bits per heavy atom. The highest BCUT2D eigenvalue weighted by molar-refractivity contribution is 5.43. The molecule has 3 heteroatoms. The lowest BCUT2D eigenvalue weighted by Gasteiger charge is -2.38. The molecule has 0 bridgehead atoms. The first kappa shape index (κ1) is 14.9. The van der Waals surface area contributed by atoms with Gasteiger partial charge in [-0.15, -0.1) is 0 Å². The molecule has 0 unspecified atom stereocenters. The molecule has 1 heterocycles. The van der Waals surface area contributed by atoms with Gasteiger partial charge in [-0.05, 0) is 70.1 Å². The third-order valence-corrected chi connectivity index (χ3v) is 5.56. The van der Waals surface area contributed by atoms with Crippen LogP contribution in [0.25, 0.3) is 0 Å². The third-order valence-electron chi connectivity index (χ3n) is 5.56. The van der Waals surface area contributed by atoms with Gasteiger partial charge in [-0.1, -0.05) is 19.1 Å². The number of nitrogens with two attached hydrogens (primary N) is 1. The number of likely N-dealkylation sites (N-methyl/N-ethyl adjacent to an activating group) is 1. The van der Waals surface area contributed by atoms with Gasteiger partial charge in [0, 0.05) is 23.7 Å². The van der Waals surface area contributed by atoms with E-state index >= 15 is 0 Å². The predicted molar refractivity (Wildman–Crippen MR) is 89.5 cm³/mol. The van der Waals surface area contributed by atoms with Crippen molar-refractivity contribution in [3.05, 3.63) is 29.8 Å². The van der Waals surface area contributed by atoms with Crippen LogP contribution < -0.4 is 5.73 Å². The maximum Gasteiger partial charge on any atom is 0.0314 e. The first-order valence-electron chi connectivity index (χ1n) is 8.41. The zero-order valence-corrected chi connectivity index (χ0v) is 13.5. The van der Waals surface area contributed by atoms with Crippen molar-refractivity contribution in [1.29, 1.82) is 0 Å². The topological polar surface area (TPSA) is 32.5 Å². The van der Waals surface area contributed by atoms with Crippen LogP contribution in [0.3, 0.4) is 0 Å². The first-order chi connectivity index (χ1) is 10.1. The van der Waals surface area contributed by atoms with Crippen LogP contribution in [0.5, 0.6) is 0 Å². The van der Waals surface area contributed by atoms with Crippen LogP contribution in [0.1, 0.15) is 38.2 Å². The molecule has 1 aliphatic carbocycles. The summed E-state index contributed by atoms with van der Waals surface area (Å²) in [5.41, 5.74) is 8.58. The quantitative estimate of drug-likeness (QED) is 0.845. The second-order valence-corrected chi connectivity index (χ2v) is 6.98. The van der Waals surface area contributed by atoms with Crippen molar-refractivity contribution >= 4 is 5.69 Å². The van der Waals surface area contributed by atoms with E-state index in [0.29, 0.717) is 5.41 Å². The molecule has 2 aliphatic rings. The molecule has 0 atom stereocenters. The van der Waals surface area contributed by atoms with Crippen LogP contribution >= 0.6 is 0 Å². The Labute approximate surface area is 129 Å². The van der Waals surface area contributed by atoms with Gasteiger partial charge in [-0.25, -0.2) is 0 Å². The van der Waals surface area contributed by atoms with Crippen LogP contribution in [0, 0.1) is 0 Å². The van der Waals surface area contributed by atoms with Gasteiger partial charge in [0.1, 0.15) is 0 Å². The predicted octanol–water partition coefficient (Wildman–Crippen LogP) is 2.72. The van der Waals surface area contributed by atoms with Crippen molar-refractivity contribution in [2.75, 3.05) is 39.0 Å². The Balaban J connectivity index is 1.59. The molecule has 3 nitrogen and oxygen atoms in total. The summed E-state index contributed by atoms with van der Waals surface area (Å²) < 4.78 is 0. The van der Waals surface area contributed by atoms with Gasteiger partial charge in [-0.3, -0.25) is 0 Å². The van der Waals surface area contributed by atoms with Gasteiger partial charge in [0.2, 0.25) is 0 Å². The molecule has 1 saturated carbocycles. The van der Waals surface area contributed by atoms with Gasteiger partial charge >= 0.3 is 0 Å². The molecule has 0 radical (unpaired) electrons. The number of nitrogen functional groups attached to an aromatic ring is 1. The van der Waals surface area contributed by atoms with Gasteiger partial charge in [0.05, 0.1) is 0 Å². The first-order valence-corrected chi connectivity index (χ1v) is 8.41. The van der Waals surface area contributed by atoms with Gasteiger partial charge < -0.3 is 15.5 Å². The fourth-order valence-electron chi connectivity index (χ4n) is 3.81. The highest BCUT2D eigenvalue weighted by atomic mass is 15.2. The number of nitrogens with zero attached hydrogens (tertiary/aromatic N) is 2. The SMILES string of the molecule is CCN1CCC(N(C)CC2(c3ccc(N)cc3)CC2)CC1. The smallest absolute Gasteiger partial charge is 0.0314 e. The molecule has 116 valence electrons. The second-order valence-electron chi connectivity index (χ2n) is 6.98. The average Bonchev–Trinajstić information content (AvgIpc) is 3.28. The van der Waals surface area contributed by atoms with E-state index in [4.69, 9.17) is 5.73 Å². The molecule has 0 amide bonds. The molecular weight excluding hydrogens is 258 g/mol. The summed E-state index contributed by atoms with van der Waals surface area (Å²) in [6.07, 6.45) is 5.30. The Morgan fingerprint density at radius 3 is 2.33 bits per heavy atom. The standard InChI is InChI=1S/C18H29N3/c1-3-21-12-8-17(9-13-21)20(2)14-18(10-11-18)15-4-6-16(19)7-5-15/h4-7,17H,3,8-14,19H2,1-2H3. The fourth-order valence-corrected chi connectivity index (χ4v) is 3.81. The maximum absolute atomic E-state index is 5.82. The van der Waals surface area contributed by atoms with Crippen LogP contribution in [0.15, 0.2) is 24.3 Å². The van der Waals surface area contributed by atoms with Gasteiger partial charge in [-0.2, -0.15) is 0 Å². The van der Waals surface area contributed by atoms with Crippen molar-refractivity contribution in [2.45, 2.75) is 44.1 Å². The second kappa shape index (κ2) is 5.98. The average molecular weight is 287 g/mol. The Bertz CT molecular complexity index is 456. The fraction of sp³-hybridized carbons (Fsp3) is 0.667. The Kier molecular flexibility index (Phi) is 4.23. The summed E-state index contributed by atoms with van der Waals surface area (Å²) in [5.74, 6) is 0. The lowest BCUT2D eigenvalue weighted by Crippen LogP contribution is -2.45. The maximum atomic E-state index is 5.82. The molecule has 0 aromatic heterocycles. The minimum absolute atomic E-state index is 0.407. The lowest BCUT2D eigenvalue weighted by atomic mass is 9.93. The van der Waals surface area contributed by atoms with Gasteiger partial charge in [0.15, 0.2) is 0 Å². The van der Waals surface area contributed by atoms with Crippen LogP contribution in [0.4, 0.5) is 5.69 Å². The van der Waals surface area contributed by atoms with E-state index in [1.807, 2.05) is 0 Å². The normalized spacial score (nSPS) is 22.6. The molecule has 1 aromatic carbocycles. The van der Waals surface area contributed by atoms with Crippen molar-refractivity contribution in [3.63, 3.8) is 0 Å². The van der Waals surface area contributed by atoms with E-state index in [2.05, 4.69) is 48.0 Å². The molecule has 1 aromatic rings. The molecule has 3 rings (SSSR count). The Hall–Kier alpha value is -1.06. The molecule has 1 saturated heterocycles. The van der Waals surface area contributed by atoms with E-state index in [1.54, 1.807) is 0 Å². The van der Waals surface area contributed by atoms with E-state index in [9.17, 15) is 0 Å². The summed E-state index contributed by atoms with van der Waals surface area (Å²) in [4.78, 5) is 5.19. The van der Waals surface area contributed by atoms with E-state index < -0.39 is 0 Å². The van der Waals surface area contributed by atoms with Crippen molar-refractivity contribution in [2.24, 2.45) is 0 Å². The van der Waals surface area contributed by atoms with Crippen molar-refractivity contribution in [3.8, 4) is 0 Å². The highest BCUT2D eigenvalue weighted by Crippen LogP contribution is 2.49. The number of benzene rings is 1. The van der Waals surface area contributed by atoms with E-state index in [0.717, 1.165) is 11.7 Å². The molecular formula is C18H29N3. The van der Waals surface area contributed by atoms with Crippen LogP contribution in [-0.2, 0) is 5.41 Å². The number of likely N-dealkylation sites (tertiary alicyclic amines) is 1. The van der Waals surface area contributed by atoms with Crippen LogP contribution in [0.2, 0.25) is 0 Å². The highest BCUT2D eigenvalue weighted by Gasteiger charge is 2.45. The summed E-state index contributed by atoms with van der Waals surface area (Å²) in [7, 11) is 2.32. The summed E-state index contributed by atoms with van der Waals surface area (Å²) in [6, 6.07) is 9.33. The van der Waals surface area contributed by atoms with E-state index in [1.165, 1.54) is 57.4 Å². The Morgan fingerprint density at radius 1 is 1.19 bits per heavy atom. The summed E-state index contributed by atoms with van der Waals surface area (Å²) >= 11 is 0. The minimum Gasteiger partial charge on any atom is -0.399 e. The minimum atomic E-state index is 0.407. The third kappa shape index (κ3) is 3.24. The monoisotopic (exact) mass is 287 g/mol. The lowest BCUT2D eigenvalue weighted by molar-refractivity contribution is 0.124. The summed E-state index contributed by atoms with van der Waals surface area (Å²) in [5, 5.41) is 0. The molecule has 2 N–H and O–H groups in total. The van der Waals surface area contributed by atoms with Crippen molar-refractivity contribution in [1.82, 2.24) is 9.80 Å². The number of rotatable bonds is 5. The molecule has 1 aliphatic heterocycles. The van der Waals surface area contributed by atoms with Crippen LogP contribution in [-0.4, -0.2) is 49.1 Å². The number of piperidine rings is 1. The number of hydrogen-bond donors (Lipinski definition) is 1. The van der Waals surface area contributed by atoms with Gasteiger partial charge in [0.25, 0.3) is 0 Å². The molecule has 21 heavy (non-hydrogen) atoms. The molecule has 0 spiro atoms. The number of anilines is 1. The van der Waals surface area contributed by atoms with E-state index in [-0.39, 0.29) is 0 Å². The molecule has 2 fully saturated rings. The zero-order chi connectivity index (χ0) is 14.9. The number of hydrogen-bond acceptors (Lipinski definition) is 3. The largest absolute Gasteiger partial charge is 0.399 e.